The lowest BCUT2D eigenvalue weighted by Gasteiger charge is -2.09. The fourth-order valence-electron chi connectivity index (χ4n) is 1.59. The van der Waals surface area contributed by atoms with Crippen molar-refractivity contribution < 1.29 is 4.74 Å². The molecule has 0 bridgehead atoms. The van der Waals surface area contributed by atoms with Crippen LogP contribution in [-0.2, 0) is 11.3 Å². The summed E-state index contributed by atoms with van der Waals surface area (Å²) in [5.74, 6) is 0.793. The molecular weight excluding hydrogens is 230 g/mol. The fraction of sp³-hybridized carbons (Fsp3) is 0.417. The third-order valence-corrected chi connectivity index (χ3v) is 2.42. The van der Waals surface area contributed by atoms with E-state index in [1.54, 1.807) is 18.6 Å². The molecule has 0 saturated heterocycles. The van der Waals surface area contributed by atoms with Crippen LogP contribution in [0.3, 0.4) is 0 Å². The molecule has 0 aromatic carbocycles. The predicted molar refractivity (Wildman–Crippen MR) is 68.7 cm³/mol. The lowest BCUT2D eigenvalue weighted by molar-refractivity contribution is 0.142. The highest BCUT2D eigenvalue weighted by molar-refractivity contribution is 5.50. The standard InChI is InChI=1S/C12H17N5O/c1-2-18-7-3-5-17-6-4-15-12(17)16-11-8-13-10-14-9-11/h4,6,8-10H,2-3,5,7H2,1H3,(H,15,16). The Labute approximate surface area is 106 Å². The number of imidazole rings is 1. The number of aromatic nitrogens is 4. The van der Waals surface area contributed by atoms with Crippen molar-refractivity contribution in [3.63, 3.8) is 0 Å². The van der Waals surface area contributed by atoms with Crippen molar-refractivity contribution in [2.45, 2.75) is 19.9 Å². The highest BCUT2D eigenvalue weighted by Gasteiger charge is 2.02. The molecule has 2 rings (SSSR count). The van der Waals surface area contributed by atoms with Gasteiger partial charge in [0, 0.05) is 32.2 Å². The Bertz CT molecular complexity index is 457. The molecule has 0 amide bonds. The normalized spacial score (nSPS) is 10.5. The van der Waals surface area contributed by atoms with Crippen LogP contribution < -0.4 is 5.32 Å². The van der Waals surface area contributed by atoms with Gasteiger partial charge in [0.25, 0.3) is 0 Å². The van der Waals surface area contributed by atoms with E-state index in [1.807, 2.05) is 17.7 Å². The molecule has 0 spiro atoms. The molecule has 2 heterocycles. The largest absolute Gasteiger partial charge is 0.382 e. The molecule has 0 saturated carbocycles. The second kappa shape index (κ2) is 6.70. The van der Waals surface area contributed by atoms with E-state index in [0.717, 1.165) is 37.8 Å². The minimum atomic E-state index is 0.760. The summed E-state index contributed by atoms with van der Waals surface area (Å²) < 4.78 is 7.36. The molecule has 6 nitrogen and oxygen atoms in total. The molecule has 0 fully saturated rings. The van der Waals surface area contributed by atoms with E-state index < -0.39 is 0 Å². The van der Waals surface area contributed by atoms with Crippen LogP contribution in [0.1, 0.15) is 13.3 Å². The maximum Gasteiger partial charge on any atom is 0.207 e. The van der Waals surface area contributed by atoms with Gasteiger partial charge in [-0.2, -0.15) is 0 Å². The fourth-order valence-corrected chi connectivity index (χ4v) is 1.59. The highest BCUT2D eigenvalue weighted by Crippen LogP contribution is 2.12. The number of hydrogen-bond acceptors (Lipinski definition) is 5. The predicted octanol–water partition coefficient (Wildman–Crippen LogP) is 1.84. The molecule has 0 aliphatic carbocycles. The van der Waals surface area contributed by atoms with Gasteiger partial charge in [-0.05, 0) is 13.3 Å². The SMILES string of the molecule is CCOCCCn1ccnc1Nc1cncnc1. The number of ether oxygens (including phenoxy) is 1. The van der Waals surface area contributed by atoms with Crippen molar-refractivity contribution in [3.8, 4) is 0 Å². The smallest absolute Gasteiger partial charge is 0.207 e. The average Bonchev–Trinajstić information content (AvgIpc) is 2.83. The zero-order valence-corrected chi connectivity index (χ0v) is 10.4. The van der Waals surface area contributed by atoms with Gasteiger partial charge in [0.1, 0.15) is 6.33 Å². The molecule has 96 valence electrons. The second-order valence-electron chi connectivity index (χ2n) is 3.75. The summed E-state index contributed by atoms with van der Waals surface area (Å²) in [5.41, 5.74) is 0.828. The van der Waals surface area contributed by atoms with Crippen LogP contribution in [0.25, 0.3) is 0 Å². The number of nitrogens with one attached hydrogen (secondary N) is 1. The molecule has 0 radical (unpaired) electrons. The molecule has 0 aliphatic rings. The first-order chi connectivity index (χ1) is 8.90. The third-order valence-electron chi connectivity index (χ3n) is 2.42. The number of anilines is 2. The van der Waals surface area contributed by atoms with Crippen LogP contribution in [0.15, 0.2) is 31.1 Å². The summed E-state index contributed by atoms with van der Waals surface area (Å²) in [7, 11) is 0. The van der Waals surface area contributed by atoms with Gasteiger partial charge < -0.3 is 14.6 Å². The molecule has 1 N–H and O–H groups in total. The molecule has 2 aromatic heterocycles. The van der Waals surface area contributed by atoms with E-state index in [1.165, 1.54) is 6.33 Å². The minimum absolute atomic E-state index is 0.760. The van der Waals surface area contributed by atoms with Gasteiger partial charge in [-0.1, -0.05) is 0 Å². The first kappa shape index (κ1) is 12.5. The van der Waals surface area contributed by atoms with E-state index in [4.69, 9.17) is 4.74 Å². The molecule has 0 atom stereocenters. The van der Waals surface area contributed by atoms with Crippen LogP contribution in [0.2, 0.25) is 0 Å². The van der Waals surface area contributed by atoms with E-state index >= 15 is 0 Å². The Hall–Kier alpha value is -1.95. The number of nitrogens with zero attached hydrogens (tertiary/aromatic N) is 4. The van der Waals surface area contributed by atoms with E-state index in [-0.39, 0.29) is 0 Å². The summed E-state index contributed by atoms with van der Waals surface area (Å²) in [4.78, 5) is 12.2. The van der Waals surface area contributed by atoms with E-state index in [0.29, 0.717) is 0 Å². The molecule has 0 aliphatic heterocycles. The topological polar surface area (TPSA) is 64.9 Å². The van der Waals surface area contributed by atoms with Crippen LogP contribution in [-0.4, -0.2) is 32.7 Å². The van der Waals surface area contributed by atoms with Gasteiger partial charge >= 0.3 is 0 Å². The highest BCUT2D eigenvalue weighted by atomic mass is 16.5. The van der Waals surface area contributed by atoms with Crippen molar-refractivity contribution >= 4 is 11.6 Å². The van der Waals surface area contributed by atoms with Crippen molar-refractivity contribution in [2.24, 2.45) is 0 Å². The van der Waals surface area contributed by atoms with Crippen LogP contribution in [0.4, 0.5) is 11.6 Å². The maximum absolute atomic E-state index is 5.32. The maximum atomic E-state index is 5.32. The van der Waals surface area contributed by atoms with Crippen molar-refractivity contribution in [1.82, 2.24) is 19.5 Å². The first-order valence-electron chi connectivity index (χ1n) is 6.01. The Kier molecular flexibility index (Phi) is 4.66. The van der Waals surface area contributed by atoms with Crippen LogP contribution >= 0.6 is 0 Å². The third kappa shape index (κ3) is 3.53. The molecule has 0 unspecified atom stereocenters. The molecule has 6 heteroatoms. The quantitative estimate of drug-likeness (QED) is 0.756. The Balaban J connectivity index is 1.91. The number of aryl methyl sites for hydroxylation is 1. The second-order valence-corrected chi connectivity index (χ2v) is 3.75. The zero-order chi connectivity index (χ0) is 12.6. The van der Waals surface area contributed by atoms with Gasteiger partial charge in [-0.25, -0.2) is 15.0 Å². The lowest BCUT2D eigenvalue weighted by atomic mass is 10.4. The summed E-state index contributed by atoms with van der Waals surface area (Å²) >= 11 is 0. The summed E-state index contributed by atoms with van der Waals surface area (Å²) in [6.45, 7) is 4.40. The van der Waals surface area contributed by atoms with Gasteiger partial charge in [-0.3, -0.25) is 0 Å². The van der Waals surface area contributed by atoms with Crippen molar-refractivity contribution in [3.05, 3.63) is 31.1 Å². The van der Waals surface area contributed by atoms with Gasteiger partial charge in [-0.15, -0.1) is 0 Å². The van der Waals surface area contributed by atoms with Gasteiger partial charge in [0.15, 0.2) is 0 Å². The van der Waals surface area contributed by atoms with Gasteiger partial charge in [0.2, 0.25) is 5.95 Å². The monoisotopic (exact) mass is 247 g/mol. The van der Waals surface area contributed by atoms with Crippen LogP contribution in [0, 0.1) is 0 Å². The summed E-state index contributed by atoms with van der Waals surface area (Å²) in [5, 5.41) is 3.18. The number of rotatable bonds is 7. The Morgan fingerprint density at radius 1 is 1.33 bits per heavy atom. The van der Waals surface area contributed by atoms with Crippen molar-refractivity contribution in [2.75, 3.05) is 18.5 Å². The van der Waals surface area contributed by atoms with E-state index in [2.05, 4.69) is 20.3 Å². The minimum Gasteiger partial charge on any atom is -0.382 e. The van der Waals surface area contributed by atoms with Crippen molar-refractivity contribution in [1.29, 1.82) is 0 Å². The van der Waals surface area contributed by atoms with Gasteiger partial charge in [0.05, 0.1) is 18.1 Å². The zero-order valence-electron chi connectivity index (χ0n) is 10.4. The first-order valence-corrected chi connectivity index (χ1v) is 6.01. The Morgan fingerprint density at radius 2 is 2.17 bits per heavy atom. The molecule has 2 aromatic rings. The molecule has 18 heavy (non-hydrogen) atoms. The van der Waals surface area contributed by atoms with Crippen LogP contribution in [0.5, 0.6) is 0 Å². The van der Waals surface area contributed by atoms with E-state index in [9.17, 15) is 0 Å². The number of hydrogen-bond donors (Lipinski definition) is 1. The molecular formula is C12H17N5O. The summed E-state index contributed by atoms with van der Waals surface area (Å²) in [6, 6.07) is 0. The summed E-state index contributed by atoms with van der Waals surface area (Å²) in [6.07, 6.45) is 9.60. The Morgan fingerprint density at radius 3 is 2.94 bits per heavy atom. The average molecular weight is 247 g/mol. The lowest BCUT2D eigenvalue weighted by Crippen LogP contribution is -2.06.